The Morgan fingerprint density at radius 3 is 2.68 bits per heavy atom. The summed E-state index contributed by atoms with van der Waals surface area (Å²) in [6, 6.07) is 14.4. The van der Waals surface area contributed by atoms with Gasteiger partial charge in [0.2, 0.25) is 0 Å². The topological polar surface area (TPSA) is 52.3 Å². The van der Waals surface area contributed by atoms with Gasteiger partial charge in [-0.25, -0.2) is 0 Å². The lowest BCUT2D eigenvalue weighted by atomic mass is 9.96. The number of fused-ring (bicyclic) bond motifs is 1. The van der Waals surface area contributed by atoms with Crippen LogP contribution in [0.5, 0.6) is 5.75 Å². The fraction of sp³-hybridized carbons (Fsp3) is 0.188. The van der Waals surface area contributed by atoms with E-state index in [1.165, 1.54) is 0 Å². The number of Topliss-reactive ketones (excluding diaryl/α,β-unsaturated/α-hetero) is 1. The minimum Gasteiger partial charge on any atom is -0.492 e. The highest BCUT2D eigenvalue weighted by atomic mass is 16.5. The molecule has 0 aromatic heterocycles. The molecular weight excluding hydrogens is 238 g/mol. The summed E-state index contributed by atoms with van der Waals surface area (Å²) in [7, 11) is 0. The SMILES string of the molecule is N[C@@H](C(=O)c1cccc2c1OCC2)c1ccccc1. The molecule has 3 heteroatoms. The Labute approximate surface area is 112 Å². The van der Waals surface area contributed by atoms with Crippen LogP contribution in [-0.4, -0.2) is 12.4 Å². The minimum absolute atomic E-state index is 0.0926. The zero-order chi connectivity index (χ0) is 13.2. The van der Waals surface area contributed by atoms with Crippen LogP contribution in [0, 0.1) is 0 Å². The molecule has 0 saturated heterocycles. The number of nitrogens with two attached hydrogens (primary N) is 1. The molecule has 0 aliphatic carbocycles. The number of hydrogen-bond acceptors (Lipinski definition) is 3. The number of hydrogen-bond donors (Lipinski definition) is 1. The van der Waals surface area contributed by atoms with Gasteiger partial charge in [-0.3, -0.25) is 4.79 Å². The van der Waals surface area contributed by atoms with Crippen molar-refractivity contribution in [1.29, 1.82) is 0 Å². The molecule has 0 amide bonds. The highest BCUT2D eigenvalue weighted by molar-refractivity contribution is 6.03. The van der Waals surface area contributed by atoms with Crippen LogP contribution in [0.15, 0.2) is 48.5 Å². The van der Waals surface area contributed by atoms with Crippen LogP contribution in [-0.2, 0) is 6.42 Å². The van der Waals surface area contributed by atoms with Crippen LogP contribution in [0.2, 0.25) is 0 Å². The second kappa shape index (κ2) is 4.86. The van der Waals surface area contributed by atoms with Crippen molar-refractivity contribution in [1.82, 2.24) is 0 Å². The first-order chi connectivity index (χ1) is 9.27. The molecule has 1 heterocycles. The molecule has 2 aromatic carbocycles. The fourth-order valence-electron chi connectivity index (χ4n) is 2.39. The summed E-state index contributed by atoms with van der Waals surface area (Å²) < 4.78 is 5.56. The Balaban J connectivity index is 1.95. The van der Waals surface area contributed by atoms with E-state index in [9.17, 15) is 4.79 Å². The van der Waals surface area contributed by atoms with Gasteiger partial charge in [-0.05, 0) is 17.2 Å². The van der Waals surface area contributed by atoms with Crippen molar-refractivity contribution in [3.8, 4) is 5.75 Å². The van der Waals surface area contributed by atoms with Gasteiger partial charge >= 0.3 is 0 Å². The number of ether oxygens (including phenoxy) is 1. The lowest BCUT2D eigenvalue weighted by Gasteiger charge is -2.13. The van der Waals surface area contributed by atoms with Crippen molar-refractivity contribution < 1.29 is 9.53 Å². The summed E-state index contributed by atoms with van der Waals surface area (Å²) in [5.41, 5.74) is 8.56. The van der Waals surface area contributed by atoms with E-state index in [-0.39, 0.29) is 5.78 Å². The maximum atomic E-state index is 12.5. The van der Waals surface area contributed by atoms with Crippen molar-refractivity contribution >= 4 is 5.78 Å². The van der Waals surface area contributed by atoms with E-state index in [1.807, 2.05) is 42.5 Å². The molecule has 2 N–H and O–H groups in total. The number of rotatable bonds is 3. The van der Waals surface area contributed by atoms with Crippen LogP contribution < -0.4 is 10.5 Å². The number of carbonyl (C=O) groups is 1. The van der Waals surface area contributed by atoms with E-state index in [0.717, 1.165) is 17.5 Å². The van der Waals surface area contributed by atoms with Crippen LogP contribution in [0.4, 0.5) is 0 Å². The predicted octanol–water partition coefficient (Wildman–Crippen LogP) is 2.50. The van der Waals surface area contributed by atoms with E-state index >= 15 is 0 Å². The normalized spacial score (nSPS) is 14.6. The first-order valence-corrected chi connectivity index (χ1v) is 6.37. The summed E-state index contributed by atoms with van der Waals surface area (Å²) in [6.45, 7) is 0.639. The first-order valence-electron chi connectivity index (χ1n) is 6.37. The molecule has 1 aliphatic rings. The molecule has 3 rings (SSSR count). The van der Waals surface area contributed by atoms with Gasteiger partial charge in [0, 0.05) is 6.42 Å². The molecule has 0 bridgehead atoms. The van der Waals surface area contributed by atoms with E-state index in [4.69, 9.17) is 10.5 Å². The Bertz CT molecular complexity index is 607. The van der Waals surface area contributed by atoms with Gasteiger partial charge in [0.1, 0.15) is 5.75 Å². The largest absolute Gasteiger partial charge is 0.492 e. The van der Waals surface area contributed by atoms with Crippen molar-refractivity contribution in [3.05, 3.63) is 65.2 Å². The van der Waals surface area contributed by atoms with Crippen LogP contribution in [0.3, 0.4) is 0 Å². The van der Waals surface area contributed by atoms with Crippen LogP contribution in [0.1, 0.15) is 27.5 Å². The van der Waals surface area contributed by atoms with Crippen molar-refractivity contribution in [2.45, 2.75) is 12.5 Å². The summed E-state index contributed by atoms with van der Waals surface area (Å²) in [4.78, 5) is 12.5. The maximum Gasteiger partial charge on any atom is 0.187 e. The molecule has 3 nitrogen and oxygen atoms in total. The number of para-hydroxylation sites is 1. The Morgan fingerprint density at radius 1 is 1.11 bits per heavy atom. The Morgan fingerprint density at radius 2 is 1.89 bits per heavy atom. The number of benzene rings is 2. The van der Waals surface area contributed by atoms with Gasteiger partial charge in [-0.1, -0.05) is 42.5 Å². The molecule has 0 fully saturated rings. The highest BCUT2D eigenvalue weighted by Crippen LogP contribution is 2.31. The van der Waals surface area contributed by atoms with Crippen molar-refractivity contribution in [3.63, 3.8) is 0 Å². The van der Waals surface area contributed by atoms with E-state index in [1.54, 1.807) is 6.07 Å². The molecule has 0 unspecified atom stereocenters. The fourth-order valence-corrected chi connectivity index (χ4v) is 2.39. The molecule has 1 atom stereocenters. The highest BCUT2D eigenvalue weighted by Gasteiger charge is 2.24. The number of ketones is 1. The average molecular weight is 253 g/mol. The van der Waals surface area contributed by atoms with Crippen LogP contribution >= 0.6 is 0 Å². The first kappa shape index (κ1) is 11.9. The second-order valence-corrected chi connectivity index (χ2v) is 4.64. The van der Waals surface area contributed by atoms with Gasteiger partial charge in [-0.2, -0.15) is 0 Å². The summed E-state index contributed by atoms with van der Waals surface area (Å²) in [5, 5.41) is 0. The summed E-state index contributed by atoms with van der Waals surface area (Å²) in [6.07, 6.45) is 0.858. The molecule has 19 heavy (non-hydrogen) atoms. The molecule has 0 radical (unpaired) electrons. The zero-order valence-electron chi connectivity index (χ0n) is 10.5. The van der Waals surface area contributed by atoms with E-state index < -0.39 is 6.04 Å². The Kier molecular flexibility index (Phi) is 3.05. The zero-order valence-corrected chi connectivity index (χ0v) is 10.5. The lowest BCUT2D eigenvalue weighted by molar-refractivity contribution is 0.0958. The van der Waals surface area contributed by atoms with Gasteiger partial charge in [0.05, 0.1) is 18.2 Å². The minimum atomic E-state index is -0.642. The summed E-state index contributed by atoms with van der Waals surface area (Å²) in [5.74, 6) is 0.615. The van der Waals surface area contributed by atoms with Crippen molar-refractivity contribution in [2.75, 3.05) is 6.61 Å². The molecule has 0 saturated carbocycles. The molecule has 2 aromatic rings. The third kappa shape index (κ3) is 2.13. The van der Waals surface area contributed by atoms with Crippen LogP contribution in [0.25, 0.3) is 0 Å². The Hall–Kier alpha value is -2.13. The third-order valence-corrected chi connectivity index (χ3v) is 3.42. The third-order valence-electron chi connectivity index (χ3n) is 3.42. The second-order valence-electron chi connectivity index (χ2n) is 4.64. The van der Waals surface area contributed by atoms with Gasteiger partial charge in [-0.15, -0.1) is 0 Å². The molecule has 1 aliphatic heterocycles. The van der Waals surface area contributed by atoms with Crippen molar-refractivity contribution in [2.24, 2.45) is 5.73 Å². The smallest absolute Gasteiger partial charge is 0.187 e. The maximum absolute atomic E-state index is 12.5. The van der Waals surface area contributed by atoms with Gasteiger partial charge < -0.3 is 10.5 Å². The lowest BCUT2D eigenvalue weighted by Crippen LogP contribution is -2.22. The number of carbonyl (C=O) groups excluding carboxylic acids is 1. The van der Waals surface area contributed by atoms with E-state index in [2.05, 4.69) is 0 Å². The molecule has 0 spiro atoms. The summed E-state index contributed by atoms with van der Waals surface area (Å²) >= 11 is 0. The standard InChI is InChI=1S/C16H15NO2/c17-14(11-5-2-1-3-6-11)15(18)13-8-4-7-12-9-10-19-16(12)13/h1-8,14H,9-10,17H2/t14-/m1/s1. The molecule has 96 valence electrons. The predicted molar refractivity (Wildman–Crippen MR) is 73.3 cm³/mol. The van der Waals surface area contributed by atoms with E-state index in [0.29, 0.717) is 17.9 Å². The van der Waals surface area contributed by atoms with Gasteiger partial charge in [0.25, 0.3) is 0 Å². The molecular formula is C16H15NO2. The van der Waals surface area contributed by atoms with Gasteiger partial charge in [0.15, 0.2) is 5.78 Å². The average Bonchev–Trinajstić information content (AvgIpc) is 2.95. The quantitative estimate of drug-likeness (QED) is 0.855. The monoisotopic (exact) mass is 253 g/mol.